The second kappa shape index (κ2) is 7.86. The molecule has 1 aliphatic carbocycles. The van der Waals surface area contributed by atoms with E-state index in [1.165, 1.54) is 6.07 Å². The van der Waals surface area contributed by atoms with Gasteiger partial charge in [-0.05, 0) is 43.0 Å². The smallest absolute Gasteiger partial charge is 0.132 e. The first-order valence-corrected chi connectivity index (χ1v) is 10.4. The maximum atomic E-state index is 14.9. The molecule has 31 heavy (non-hydrogen) atoms. The quantitative estimate of drug-likeness (QED) is 0.497. The highest BCUT2D eigenvalue weighted by Gasteiger charge is 2.28. The lowest BCUT2D eigenvalue weighted by Crippen LogP contribution is -2.44. The predicted octanol–water partition coefficient (Wildman–Crippen LogP) is 3.74. The molecule has 4 aromatic rings. The SMILES string of the molecule is COC1CC(NCc2ccc(F)c(-c3cc4c(-c5cnn(C)c5)n[nH]c4cn3)c2C)C1. The van der Waals surface area contributed by atoms with Gasteiger partial charge in [0.1, 0.15) is 11.5 Å². The van der Waals surface area contributed by atoms with E-state index in [4.69, 9.17) is 4.74 Å². The number of nitrogens with zero attached hydrogens (tertiary/aromatic N) is 4. The molecule has 1 aliphatic rings. The van der Waals surface area contributed by atoms with E-state index in [-0.39, 0.29) is 5.82 Å². The van der Waals surface area contributed by atoms with Crippen LogP contribution < -0.4 is 5.32 Å². The fourth-order valence-corrected chi connectivity index (χ4v) is 4.22. The lowest BCUT2D eigenvalue weighted by atomic mass is 9.89. The van der Waals surface area contributed by atoms with Crippen molar-refractivity contribution in [2.24, 2.45) is 7.05 Å². The second-order valence-corrected chi connectivity index (χ2v) is 8.20. The van der Waals surface area contributed by atoms with Gasteiger partial charge in [0.25, 0.3) is 0 Å². The minimum Gasteiger partial charge on any atom is -0.381 e. The Labute approximate surface area is 179 Å². The van der Waals surface area contributed by atoms with E-state index in [1.807, 2.05) is 32.3 Å². The molecule has 3 heterocycles. The number of H-pyrrole nitrogens is 1. The number of ether oxygens (including phenoxy) is 1. The number of aromatic amines is 1. The first-order chi connectivity index (χ1) is 15.0. The summed E-state index contributed by atoms with van der Waals surface area (Å²) in [5.74, 6) is -0.275. The molecule has 5 rings (SSSR count). The predicted molar refractivity (Wildman–Crippen MR) is 117 cm³/mol. The monoisotopic (exact) mass is 420 g/mol. The number of hydrogen-bond acceptors (Lipinski definition) is 5. The molecule has 0 aliphatic heterocycles. The number of halogens is 1. The molecule has 0 saturated heterocycles. The number of fused-ring (bicyclic) bond motifs is 1. The third kappa shape index (κ3) is 3.62. The number of rotatable bonds is 6. The van der Waals surface area contributed by atoms with E-state index < -0.39 is 0 Å². The molecule has 2 N–H and O–H groups in total. The number of hydrogen-bond donors (Lipinski definition) is 2. The molecule has 0 unspecified atom stereocenters. The lowest BCUT2D eigenvalue weighted by Gasteiger charge is -2.35. The van der Waals surface area contributed by atoms with Crippen LogP contribution in [0.3, 0.4) is 0 Å². The highest BCUT2D eigenvalue weighted by Crippen LogP contribution is 2.33. The highest BCUT2D eigenvalue weighted by atomic mass is 19.1. The highest BCUT2D eigenvalue weighted by molar-refractivity contribution is 5.94. The van der Waals surface area contributed by atoms with Crippen LogP contribution in [0.15, 0.2) is 36.8 Å². The molecule has 0 spiro atoms. The van der Waals surface area contributed by atoms with Gasteiger partial charge in [-0.1, -0.05) is 6.07 Å². The Balaban J connectivity index is 1.48. The maximum absolute atomic E-state index is 14.9. The van der Waals surface area contributed by atoms with Crippen molar-refractivity contribution in [3.63, 3.8) is 0 Å². The molecule has 0 radical (unpaired) electrons. The van der Waals surface area contributed by atoms with Crippen molar-refractivity contribution >= 4 is 10.9 Å². The van der Waals surface area contributed by atoms with Gasteiger partial charge in [0, 0.05) is 49.5 Å². The lowest BCUT2D eigenvalue weighted by molar-refractivity contribution is 0.0170. The van der Waals surface area contributed by atoms with Crippen LogP contribution in [0.1, 0.15) is 24.0 Å². The zero-order valence-corrected chi connectivity index (χ0v) is 17.8. The van der Waals surface area contributed by atoms with Crippen molar-refractivity contribution in [1.82, 2.24) is 30.3 Å². The summed E-state index contributed by atoms with van der Waals surface area (Å²) < 4.78 is 22.0. The van der Waals surface area contributed by atoms with Crippen LogP contribution in [0.25, 0.3) is 33.4 Å². The Morgan fingerprint density at radius 2 is 2.13 bits per heavy atom. The average Bonchev–Trinajstić information content (AvgIpc) is 3.34. The largest absolute Gasteiger partial charge is 0.381 e. The maximum Gasteiger partial charge on any atom is 0.132 e. The fraction of sp³-hybridized carbons (Fsp3) is 0.348. The van der Waals surface area contributed by atoms with Crippen LogP contribution >= 0.6 is 0 Å². The molecule has 1 saturated carbocycles. The summed E-state index contributed by atoms with van der Waals surface area (Å²) >= 11 is 0. The summed E-state index contributed by atoms with van der Waals surface area (Å²) in [5.41, 5.74) is 5.57. The number of benzene rings is 1. The number of aryl methyl sites for hydroxylation is 1. The summed E-state index contributed by atoms with van der Waals surface area (Å²) in [6, 6.07) is 5.73. The Kier molecular flexibility index (Phi) is 5.03. The summed E-state index contributed by atoms with van der Waals surface area (Å²) in [5, 5.41) is 16.1. The van der Waals surface area contributed by atoms with Crippen LogP contribution in [0.2, 0.25) is 0 Å². The van der Waals surface area contributed by atoms with Gasteiger partial charge in [0.05, 0.1) is 29.7 Å². The van der Waals surface area contributed by atoms with Gasteiger partial charge in [-0.25, -0.2) is 4.39 Å². The van der Waals surface area contributed by atoms with E-state index >= 15 is 0 Å². The minimum absolute atomic E-state index is 0.275. The first-order valence-electron chi connectivity index (χ1n) is 10.4. The zero-order valence-electron chi connectivity index (χ0n) is 17.8. The second-order valence-electron chi connectivity index (χ2n) is 8.20. The van der Waals surface area contributed by atoms with Gasteiger partial charge >= 0.3 is 0 Å². The minimum atomic E-state index is -0.275. The van der Waals surface area contributed by atoms with Gasteiger partial charge in [-0.2, -0.15) is 10.2 Å². The molecular formula is C23H25FN6O. The van der Waals surface area contributed by atoms with Crippen LogP contribution in [0.4, 0.5) is 4.39 Å². The van der Waals surface area contributed by atoms with E-state index in [0.717, 1.165) is 46.1 Å². The van der Waals surface area contributed by atoms with E-state index in [0.29, 0.717) is 29.9 Å². The molecule has 8 heteroatoms. The molecular weight excluding hydrogens is 395 g/mol. The van der Waals surface area contributed by atoms with Gasteiger partial charge in [0.15, 0.2) is 0 Å². The molecule has 160 valence electrons. The summed E-state index contributed by atoms with van der Waals surface area (Å²) in [7, 11) is 3.61. The first kappa shape index (κ1) is 19.8. The Hall–Kier alpha value is -3.10. The van der Waals surface area contributed by atoms with Crippen LogP contribution in [0.5, 0.6) is 0 Å². The van der Waals surface area contributed by atoms with E-state index in [1.54, 1.807) is 24.2 Å². The van der Waals surface area contributed by atoms with Crippen LogP contribution in [-0.2, 0) is 18.3 Å². The molecule has 1 fully saturated rings. The van der Waals surface area contributed by atoms with Crippen molar-refractivity contribution in [2.45, 2.75) is 38.5 Å². The van der Waals surface area contributed by atoms with Gasteiger partial charge < -0.3 is 10.1 Å². The van der Waals surface area contributed by atoms with Crippen LogP contribution in [0, 0.1) is 12.7 Å². The number of pyridine rings is 1. The average molecular weight is 420 g/mol. The Morgan fingerprint density at radius 1 is 1.29 bits per heavy atom. The Bertz CT molecular complexity index is 1240. The van der Waals surface area contributed by atoms with Crippen LogP contribution in [-0.4, -0.2) is 44.2 Å². The van der Waals surface area contributed by atoms with Crippen molar-refractivity contribution < 1.29 is 9.13 Å². The van der Waals surface area contributed by atoms with Gasteiger partial charge in [-0.3, -0.25) is 14.8 Å². The molecule has 0 atom stereocenters. The summed E-state index contributed by atoms with van der Waals surface area (Å²) in [6.07, 6.45) is 7.76. The third-order valence-electron chi connectivity index (χ3n) is 6.22. The van der Waals surface area contributed by atoms with E-state index in [2.05, 4.69) is 25.6 Å². The van der Waals surface area contributed by atoms with Crippen molar-refractivity contribution in [3.05, 3.63) is 53.7 Å². The molecule has 1 aromatic carbocycles. The number of aromatic nitrogens is 5. The summed E-state index contributed by atoms with van der Waals surface area (Å²) in [4.78, 5) is 4.53. The number of methoxy groups -OCH3 is 1. The molecule has 7 nitrogen and oxygen atoms in total. The normalized spacial score (nSPS) is 18.5. The van der Waals surface area contributed by atoms with E-state index in [9.17, 15) is 4.39 Å². The molecule has 3 aromatic heterocycles. The topological polar surface area (TPSA) is 80.6 Å². The van der Waals surface area contributed by atoms with Gasteiger partial charge in [-0.15, -0.1) is 0 Å². The van der Waals surface area contributed by atoms with Crippen molar-refractivity contribution in [3.8, 4) is 22.5 Å². The Morgan fingerprint density at radius 3 is 2.87 bits per heavy atom. The van der Waals surface area contributed by atoms with Crippen molar-refractivity contribution in [2.75, 3.05) is 7.11 Å². The zero-order chi connectivity index (χ0) is 21.5. The van der Waals surface area contributed by atoms with Crippen molar-refractivity contribution in [1.29, 1.82) is 0 Å². The molecule has 0 amide bonds. The standard InChI is InChI=1S/C23H25FN6O/c1-13-14(9-25-16-6-17(7-16)31-3)4-5-19(24)22(13)20-8-18-21(11-26-20)28-29-23(18)15-10-27-30(2)12-15/h4-5,8,10-12,16-17,25H,6-7,9H2,1-3H3,(H,28,29). The number of nitrogens with one attached hydrogen (secondary N) is 2. The summed E-state index contributed by atoms with van der Waals surface area (Å²) in [6.45, 7) is 2.65. The third-order valence-corrected chi connectivity index (χ3v) is 6.22. The fourth-order valence-electron chi connectivity index (χ4n) is 4.22. The molecule has 0 bridgehead atoms. The van der Waals surface area contributed by atoms with Gasteiger partial charge in [0.2, 0.25) is 0 Å².